The van der Waals surface area contributed by atoms with E-state index >= 15 is 0 Å². The van der Waals surface area contributed by atoms with Gasteiger partial charge in [0.05, 0.1) is 21.5 Å². The molecular weight excluding hydrogens is 280 g/mol. The number of nitrogens with zero attached hydrogens (tertiary/aromatic N) is 3. The number of hydrogen-bond acceptors (Lipinski definition) is 4. The number of aromatic amines is 1. The van der Waals surface area contributed by atoms with Crippen molar-refractivity contribution in [2.24, 2.45) is 0 Å². The molecule has 0 radical (unpaired) electrons. The summed E-state index contributed by atoms with van der Waals surface area (Å²) in [6, 6.07) is 14.1. The molecule has 1 N–H and O–H groups in total. The molecule has 0 atom stereocenters. The normalized spacial score (nSPS) is 11.1. The molecule has 106 valence electrons. The monoisotopic (exact) mass is 290 g/mol. The molecule has 6 heteroatoms. The van der Waals surface area contributed by atoms with E-state index in [9.17, 15) is 10.1 Å². The van der Waals surface area contributed by atoms with Crippen LogP contribution in [0.15, 0.2) is 54.7 Å². The van der Waals surface area contributed by atoms with Crippen LogP contribution in [0.2, 0.25) is 0 Å². The van der Waals surface area contributed by atoms with Crippen LogP contribution >= 0.6 is 0 Å². The first-order valence-corrected chi connectivity index (χ1v) is 6.70. The van der Waals surface area contributed by atoms with E-state index in [0.717, 1.165) is 27.5 Å². The molecule has 4 rings (SSSR count). The maximum atomic E-state index is 10.7. The molecule has 0 saturated heterocycles. The van der Waals surface area contributed by atoms with Gasteiger partial charge in [0.2, 0.25) is 0 Å². The zero-order valence-electron chi connectivity index (χ0n) is 11.4. The highest BCUT2D eigenvalue weighted by Gasteiger charge is 2.09. The minimum absolute atomic E-state index is 0.0646. The van der Waals surface area contributed by atoms with Crippen molar-refractivity contribution in [1.29, 1.82) is 0 Å². The van der Waals surface area contributed by atoms with E-state index in [1.807, 2.05) is 24.3 Å². The lowest BCUT2D eigenvalue weighted by atomic mass is 10.2. The Morgan fingerprint density at radius 1 is 1.05 bits per heavy atom. The van der Waals surface area contributed by atoms with Crippen LogP contribution < -0.4 is 0 Å². The molecule has 0 aliphatic carbocycles. The number of H-pyrrole nitrogens is 1. The number of rotatable bonds is 2. The minimum atomic E-state index is -0.416. The van der Waals surface area contributed by atoms with E-state index in [1.54, 1.807) is 18.3 Å². The molecule has 0 amide bonds. The fourth-order valence-electron chi connectivity index (χ4n) is 2.46. The number of imidazole rings is 1. The van der Waals surface area contributed by atoms with Gasteiger partial charge in [0.15, 0.2) is 0 Å². The van der Waals surface area contributed by atoms with Gasteiger partial charge in [-0.3, -0.25) is 15.1 Å². The second-order valence-electron chi connectivity index (χ2n) is 4.95. The van der Waals surface area contributed by atoms with Crippen molar-refractivity contribution < 1.29 is 4.92 Å². The maximum absolute atomic E-state index is 10.7. The summed E-state index contributed by atoms with van der Waals surface area (Å²) in [4.78, 5) is 22.4. The predicted molar refractivity (Wildman–Crippen MR) is 83.5 cm³/mol. The SMILES string of the molecule is O=[N+]([O-])c1ccc(-c2nc3cc4ncccc4cc3[nH]2)cc1. The lowest BCUT2D eigenvalue weighted by molar-refractivity contribution is -0.384. The first kappa shape index (κ1) is 12.5. The lowest BCUT2D eigenvalue weighted by Crippen LogP contribution is -1.87. The largest absolute Gasteiger partial charge is 0.338 e. The summed E-state index contributed by atoms with van der Waals surface area (Å²) in [7, 11) is 0. The van der Waals surface area contributed by atoms with Gasteiger partial charge in [0.1, 0.15) is 5.82 Å². The maximum Gasteiger partial charge on any atom is 0.269 e. The van der Waals surface area contributed by atoms with Crippen LogP contribution in [0.5, 0.6) is 0 Å². The van der Waals surface area contributed by atoms with Crippen molar-refractivity contribution in [3.05, 3.63) is 64.8 Å². The Morgan fingerprint density at radius 2 is 1.86 bits per heavy atom. The number of benzene rings is 2. The second kappa shape index (κ2) is 4.63. The van der Waals surface area contributed by atoms with Crippen molar-refractivity contribution >= 4 is 27.6 Å². The third-order valence-electron chi connectivity index (χ3n) is 3.56. The molecule has 0 aliphatic heterocycles. The number of aromatic nitrogens is 3. The van der Waals surface area contributed by atoms with E-state index < -0.39 is 4.92 Å². The highest BCUT2D eigenvalue weighted by atomic mass is 16.6. The number of non-ortho nitro benzene ring substituents is 1. The zero-order chi connectivity index (χ0) is 15.1. The Bertz CT molecular complexity index is 953. The van der Waals surface area contributed by atoms with Crippen molar-refractivity contribution in [2.45, 2.75) is 0 Å². The molecule has 0 fully saturated rings. The number of pyridine rings is 1. The first-order valence-electron chi connectivity index (χ1n) is 6.70. The number of nitro benzene ring substituents is 1. The summed E-state index contributed by atoms with van der Waals surface area (Å²) < 4.78 is 0. The van der Waals surface area contributed by atoms with Crippen molar-refractivity contribution in [2.75, 3.05) is 0 Å². The molecule has 0 spiro atoms. The van der Waals surface area contributed by atoms with Gasteiger partial charge in [-0.1, -0.05) is 6.07 Å². The first-order chi connectivity index (χ1) is 10.7. The van der Waals surface area contributed by atoms with Crippen molar-refractivity contribution in [3.8, 4) is 11.4 Å². The van der Waals surface area contributed by atoms with Gasteiger partial charge in [-0.2, -0.15) is 0 Å². The average Bonchev–Trinajstić information content (AvgIpc) is 2.95. The summed E-state index contributed by atoms with van der Waals surface area (Å²) in [6.07, 6.45) is 1.75. The molecule has 0 unspecified atom stereocenters. The Hall–Kier alpha value is -3.28. The molecule has 2 aromatic heterocycles. The molecular formula is C16H10N4O2. The van der Waals surface area contributed by atoms with Crippen LogP contribution in [-0.4, -0.2) is 19.9 Å². The lowest BCUT2D eigenvalue weighted by Gasteiger charge is -1.95. The Balaban J connectivity index is 1.84. The Kier molecular flexibility index (Phi) is 2.62. The standard InChI is InChI=1S/C16H10N4O2/c21-20(22)12-5-3-10(4-6-12)16-18-14-8-11-2-1-7-17-13(11)9-15(14)19-16/h1-9H,(H,18,19). The van der Waals surface area contributed by atoms with Crippen molar-refractivity contribution in [3.63, 3.8) is 0 Å². The molecule has 22 heavy (non-hydrogen) atoms. The number of nitro groups is 1. The highest BCUT2D eigenvalue weighted by Crippen LogP contribution is 2.25. The third kappa shape index (κ3) is 1.98. The molecule has 0 saturated carbocycles. The average molecular weight is 290 g/mol. The Labute approximate surface area is 124 Å². The van der Waals surface area contributed by atoms with Crippen LogP contribution in [0.25, 0.3) is 33.3 Å². The Morgan fingerprint density at radius 3 is 2.64 bits per heavy atom. The highest BCUT2D eigenvalue weighted by molar-refractivity contribution is 5.94. The van der Waals surface area contributed by atoms with Crippen LogP contribution in [0, 0.1) is 10.1 Å². The second-order valence-corrected chi connectivity index (χ2v) is 4.95. The third-order valence-corrected chi connectivity index (χ3v) is 3.56. The topological polar surface area (TPSA) is 84.7 Å². The zero-order valence-corrected chi connectivity index (χ0v) is 11.4. The summed E-state index contributed by atoms with van der Waals surface area (Å²) in [5, 5.41) is 11.7. The molecule has 4 aromatic rings. The van der Waals surface area contributed by atoms with Gasteiger partial charge in [-0.05, 0) is 30.3 Å². The van der Waals surface area contributed by atoms with Gasteiger partial charge in [-0.25, -0.2) is 4.98 Å². The number of hydrogen-bond donors (Lipinski definition) is 1. The van der Waals surface area contributed by atoms with E-state index in [1.165, 1.54) is 12.1 Å². The van der Waals surface area contributed by atoms with Gasteiger partial charge in [-0.15, -0.1) is 0 Å². The molecule has 2 heterocycles. The smallest absolute Gasteiger partial charge is 0.269 e. The van der Waals surface area contributed by atoms with Crippen LogP contribution in [-0.2, 0) is 0 Å². The molecule has 6 nitrogen and oxygen atoms in total. The predicted octanol–water partition coefficient (Wildman–Crippen LogP) is 3.69. The van der Waals surface area contributed by atoms with E-state index in [4.69, 9.17) is 0 Å². The summed E-state index contributed by atoms with van der Waals surface area (Å²) in [5.74, 6) is 0.681. The minimum Gasteiger partial charge on any atom is -0.338 e. The van der Waals surface area contributed by atoms with Crippen LogP contribution in [0.1, 0.15) is 0 Å². The van der Waals surface area contributed by atoms with Crippen molar-refractivity contribution in [1.82, 2.24) is 15.0 Å². The molecule has 0 bridgehead atoms. The van der Waals surface area contributed by atoms with Gasteiger partial charge in [0.25, 0.3) is 5.69 Å². The summed E-state index contributed by atoms with van der Waals surface area (Å²) >= 11 is 0. The summed E-state index contributed by atoms with van der Waals surface area (Å²) in [6.45, 7) is 0. The van der Waals surface area contributed by atoms with E-state index in [2.05, 4.69) is 15.0 Å². The van der Waals surface area contributed by atoms with Gasteiger partial charge < -0.3 is 4.98 Å². The van der Waals surface area contributed by atoms with E-state index in [-0.39, 0.29) is 5.69 Å². The number of nitrogens with one attached hydrogen (secondary N) is 1. The fourth-order valence-corrected chi connectivity index (χ4v) is 2.46. The van der Waals surface area contributed by atoms with Crippen LogP contribution in [0.4, 0.5) is 5.69 Å². The quantitative estimate of drug-likeness (QED) is 0.450. The van der Waals surface area contributed by atoms with E-state index in [0.29, 0.717) is 5.82 Å². The van der Waals surface area contributed by atoms with Gasteiger partial charge in [0, 0.05) is 29.3 Å². The number of fused-ring (bicyclic) bond motifs is 2. The summed E-state index contributed by atoms with van der Waals surface area (Å²) in [5.41, 5.74) is 3.48. The van der Waals surface area contributed by atoms with Crippen LogP contribution in [0.3, 0.4) is 0 Å². The molecule has 0 aliphatic rings. The molecule has 2 aromatic carbocycles. The fraction of sp³-hybridized carbons (Fsp3) is 0. The van der Waals surface area contributed by atoms with Gasteiger partial charge >= 0.3 is 0 Å².